The van der Waals surface area contributed by atoms with Gasteiger partial charge in [0.15, 0.2) is 0 Å². The van der Waals surface area contributed by atoms with Gasteiger partial charge < -0.3 is 0 Å². The van der Waals surface area contributed by atoms with Crippen LogP contribution in [0.5, 0.6) is 0 Å². The third-order valence-corrected chi connectivity index (χ3v) is 2.50. The SMILES string of the molecule is Cc1ccc(COOCc2ccccc2)cc1. The summed E-state index contributed by atoms with van der Waals surface area (Å²) in [5.41, 5.74) is 3.47. The Labute approximate surface area is 102 Å². The predicted molar refractivity (Wildman–Crippen MR) is 67.2 cm³/mol. The van der Waals surface area contributed by atoms with Gasteiger partial charge in [-0.15, -0.1) is 0 Å². The number of rotatable bonds is 5. The van der Waals surface area contributed by atoms with Crippen LogP contribution in [-0.4, -0.2) is 0 Å². The van der Waals surface area contributed by atoms with Gasteiger partial charge in [-0.25, -0.2) is 9.78 Å². The molecule has 0 spiro atoms. The molecule has 0 N–H and O–H groups in total. The molecule has 17 heavy (non-hydrogen) atoms. The summed E-state index contributed by atoms with van der Waals surface area (Å²) in [6.45, 7) is 3.02. The van der Waals surface area contributed by atoms with Crippen LogP contribution in [-0.2, 0) is 23.0 Å². The zero-order chi connectivity index (χ0) is 11.9. The number of hydrogen-bond donors (Lipinski definition) is 0. The molecule has 0 aromatic heterocycles. The summed E-state index contributed by atoms with van der Waals surface area (Å²) >= 11 is 0. The second kappa shape index (κ2) is 6.18. The highest BCUT2D eigenvalue weighted by molar-refractivity contribution is 5.20. The maximum Gasteiger partial charge on any atom is 0.107 e. The van der Waals surface area contributed by atoms with Gasteiger partial charge in [-0.05, 0) is 18.1 Å². The van der Waals surface area contributed by atoms with E-state index in [-0.39, 0.29) is 0 Å². The molecule has 0 saturated heterocycles. The van der Waals surface area contributed by atoms with Crippen molar-refractivity contribution >= 4 is 0 Å². The molecule has 2 heteroatoms. The minimum Gasteiger partial charge on any atom is -0.232 e. The fraction of sp³-hybridized carbons (Fsp3) is 0.200. The quantitative estimate of drug-likeness (QED) is 0.442. The summed E-state index contributed by atoms with van der Waals surface area (Å²) in [6, 6.07) is 18.2. The molecule has 2 rings (SSSR count). The summed E-state index contributed by atoms with van der Waals surface area (Å²) in [7, 11) is 0. The second-order valence-corrected chi connectivity index (χ2v) is 4.00. The molecule has 0 radical (unpaired) electrons. The van der Waals surface area contributed by atoms with E-state index in [4.69, 9.17) is 9.78 Å². The van der Waals surface area contributed by atoms with Crippen LogP contribution >= 0.6 is 0 Å². The molecular formula is C15H16O2. The first-order chi connectivity index (χ1) is 8.34. The molecule has 0 amide bonds. The minimum absolute atomic E-state index is 0.479. The number of aryl methyl sites for hydroxylation is 1. The van der Waals surface area contributed by atoms with Gasteiger partial charge in [-0.3, -0.25) is 0 Å². The Morgan fingerprint density at radius 3 is 1.82 bits per heavy atom. The van der Waals surface area contributed by atoms with E-state index in [1.807, 2.05) is 42.5 Å². The Morgan fingerprint density at radius 1 is 0.706 bits per heavy atom. The maximum absolute atomic E-state index is 5.16. The number of hydrogen-bond acceptors (Lipinski definition) is 2. The van der Waals surface area contributed by atoms with Gasteiger partial charge in [-0.2, -0.15) is 0 Å². The molecule has 2 aromatic rings. The fourth-order valence-corrected chi connectivity index (χ4v) is 1.48. The van der Waals surface area contributed by atoms with Crippen LogP contribution in [0.3, 0.4) is 0 Å². The monoisotopic (exact) mass is 228 g/mol. The van der Waals surface area contributed by atoms with E-state index >= 15 is 0 Å². The topological polar surface area (TPSA) is 18.5 Å². The van der Waals surface area contributed by atoms with Crippen LogP contribution in [0.1, 0.15) is 16.7 Å². The van der Waals surface area contributed by atoms with Crippen molar-refractivity contribution < 1.29 is 9.78 Å². The fourth-order valence-electron chi connectivity index (χ4n) is 1.48. The molecule has 0 atom stereocenters. The first kappa shape index (κ1) is 11.8. The molecule has 0 unspecified atom stereocenters. The molecule has 2 aromatic carbocycles. The average Bonchev–Trinajstić information content (AvgIpc) is 2.38. The van der Waals surface area contributed by atoms with Crippen molar-refractivity contribution in [3.05, 3.63) is 71.3 Å². The largest absolute Gasteiger partial charge is 0.232 e. The van der Waals surface area contributed by atoms with Gasteiger partial charge in [0.1, 0.15) is 13.2 Å². The highest BCUT2D eigenvalue weighted by atomic mass is 17.2. The summed E-state index contributed by atoms with van der Waals surface area (Å²) in [5.74, 6) is 0. The Kier molecular flexibility index (Phi) is 4.30. The van der Waals surface area contributed by atoms with Crippen LogP contribution in [0, 0.1) is 6.92 Å². The molecule has 0 bridgehead atoms. The molecule has 0 fully saturated rings. The van der Waals surface area contributed by atoms with E-state index in [1.165, 1.54) is 5.56 Å². The van der Waals surface area contributed by atoms with Crippen molar-refractivity contribution in [3.8, 4) is 0 Å². The van der Waals surface area contributed by atoms with Crippen LogP contribution < -0.4 is 0 Å². The molecular weight excluding hydrogens is 212 g/mol. The lowest BCUT2D eigenvalue weighted by Gasteiger charge is -2.04. The standard InChI is InChI=1S/C15H16O2/c1-13-7-9-15(10-8-13)12-17-16-11-14-5-3-2-4-6-14/h2-10H,11-12H2,1H3. The van der Waals surface area contributed by atoms with Crippen molar-refractivity contribution in [3.63, 3.8) is 0 Å². The van der Waals surface area contributed by atoms with E-state index in [0.29, 0.717) is 13.2 Å². The summed E-state index contributed by atoms with van der Waals surface area (Å²) in [5, 5.41) is 0. The first-order valence-electron chi connectivity index (χ1n) is 5.68. The van der Waals surface area contributed by atoms with Gasteiger partial charge in [-0.1, -0.05) is 60.2 Å². The highest BCUT2D eigenvalue weighted by Gasteiger charge is 1.95. The van der Waals surface area contributed by atoms with E-state index < -0.39 is 0 Å². The van der Waals surface area contributed by atoms with E-state index in [0.717, 1.165) is 11.1 Å². The van der Waals surface area contributed by atoms with Crippen LogP contribution in [0.2, 0.25) is 0 Å². The van der Waals surface area contributed by atoms with Crippen molar-refractivity contribution in [1.29, 1.82) is 0 Å². The Bertz CT molecular complexity index is 434. The van der Waals surface area contributed by atoms with Crippen LogP contribution in [0.25, 0.3) is 0 Å². The zero-order valence-corrected chi connectivity index (χ0v) is 9.93. The Morgan fingerprint density at radius 2 is 1.24 bits per heavy atom. The second-order valence-electron chi connectivity index (χ2n) is 4.00. The van der Waals surface area contributed by atoms with Gasteiger partial charge in [0.05, 0.1) is 0 Å². The van der Waals surface area contributed by atoms with Crippen LogP contribution in [0.4, 0.5) is 0 Å². The highest BCUT2D eigenvalue weighted by Crippen LogP contribution is 2.06. The first-order valence-corrected chi connectivity index (χ1v) is 5.68. The average molecular weight is 228 g/mol. The normalized spacial score (nSPS) is 10.4. The van der Waals surface area contributed by atoms with Gasteiger partial charge >= 0.3 is 0 Å². The van der Waals surface area contributed by atoms with Gasteiger partial charge in [0, 0.05) is 0 Å². The lowest BCUT2D eigenvalue weighted by molar-refractivity contribution is -0.313. The summed E-state index contributed by atoms with van der Waals surface area (Å²) in [4.78, 5) is 10.3. The van der Waals surface area contributed by atoms with E-state index in [1.54, 1.807) is 0 Å². The summed E-state index contributed by atoms with van der Waals surface area (Å²) in [6.07, 6.45) is 0. The Balaban J connectivity index is 1.71. The van der Waals surface area contributed by atoms with E-state index in [9.17, 15) is 0 Å². The molecule has 88 valence electrons. The molecule has 2 nitrogen and oxygen atoms in total. The van der Waals surface area contributed by atoms with E-state index in [2.05, 4.69) is 19.1 Å². The molecule has 0 aliphatic carbocycles. The molecule has 0 aliphatic rings. The maximum atomic E-state index is 5.16. The van der Waals surface area contributed by atoms with Gasteiger partial charge in [0.2, 0.25) is 0 Å². The third kappa shape index (κ3) is 4.02. The van der Waals surface area contributed by atoms with Crippen LogP contribution in [0.15, 0.2) is 54.6 Å². The minimum atomic E-state index is 0.479. The van der Waals surface area contributed by atoms with Gasteiger partial charge in [0.25, 0.3) is 0 Å². The smallest absolute Gasteiger partial charge is 0.107 e. The lowest BCUT2D eigenvalue weighted by Crippen LogP contribution is -1.96. The van der Waals surface area contributed by atoms with Crippen molar-refractivity contribution in [2.45, 2.75) is 20.1 Å². The van der Waals surface area contributed by atoms with Crippen molar-refractivity contribution in [1.82, 2.24) is 0 Å². The summed E-state index contributed by atoms with van der Waals surface area (Å²) < 4.78 is 0. The third-order valence-electron chi connectivity index (χ3n) is 2.50. The number of benzene rings is 2. The van der Waals surface area contributed by atoms with Crippen molar-refractivity contribution in [2.24, 2.45) is 0 Å². The lowest BCUT2D eigenvalue weighted by atomic mass is 10.2. The molecule has 0 aliphatic heterocycles. The predicted octanol–water partition coefficient (Wildman–Crippen LogP) is 3.64. The van der Waals surface area contributed by atoms with Crippen molar-refractivity contribution in [2.75, 3.05) is 0 Å². The molecule has 0 heterocycles. The zero-order valence-electron chi connectivity index (χ0n) is 9.93. The Hall–Kier alpha value is -1.64. The molecule has 0 saturated carbocycles.